The monoisotopic (exact) mass is 289 g/mol. The van der Waals surface area contributed by atoms with Crippen LogP contribution in [0, 0.1) is 17.8 Å². The van der Waals surface area contributed by atoms with Crippen LogP contribution in [0.15, 0.2) is 18.3 Å². The first kappa shape index (κ1) is 17.2. The number of aromatic nitrogens is 1. The van der Waals surface area contributed by atoms with Gasteiger partial charge in [-0.2, -0.15) is 0 Å². The molecule has 1 heterocycles. The molecule has 1 aromatic heterocycles. The summed E-state index contributed by atoms with van der Waals surface area (Å²) < 4.78 is 5.44. The van der Waals surface area contributed by atoms with E-state index in [4.69, 9.17) is 10.5 Å². The van der Waals surface area contributed by atoms with Gasteiger partial charge in [0, 0.05) is 31.5 Å². The van der Waals surface area contributed by atoms with Crippen LogP contribution in [0.3, 0.4) is 0 Å². The van der Waals surface area contributed by atoms with E-state index in [1.807, 2.05) is 0 Å². The van der Waals surface area contributed by atoms with E-state index in [2.05, 4.69) is 36.0 Å². The van der Waals surface area contributed by atoms with E-state index in [1.165, 1.54) is 0 Å². The van der Waals surface area contributed by atoms with Crippen LogP contribution in [0.5, 0.6) is 0 Å². The quantitative estimate of drug-likeness (QED) is 0.584. The summed E-state index contributed by atoms with van der Waals surface area (Å²) in [4.78, 5) is 15.9. The molecule has 0 saturated heterocycles. The van der Waals surface area contributed by atoms with Crippen molar-refractivity contribution in [1.29, 1.82) is 0 Å². The molecule has 0 unspecified atom stereocenters. The Bertz CT molecular complexity index is 486. The molecule has 0 aliphatic heterocycles. The van der Waals surface area contributed by atoms with Crippen LogP contribution in [-0.2, 0) is 4.74 Å². The Morgan fingerprint density at radius 2 is 2.29 bits per heavy atom. The number of nitrogens with zero attached hydrogens (tertiary/aromatic N) is 1. The van der Waals surface area contributed by atoms with Gasteiger partial charge in [-0.1, -0.05) is 25.7 Å². The van der Waals surface area contributed by atoms with Crippen molar-refractivity contribution in [3.8, 4) is 11.8 Å². The van der Waals surface area contributed by atoms with Crippen LogP contribution in [0.2, 0.25) is 0 Å². The molecule has 1 aromatic rings. The van der Waals surface area contributed by atoms with Crippen molar-refractivity contribution < 1.29 is 9.53 Å². The summed E-state index contributed by atoms with van der Waals surface area (Å²) in [5.41, 5.74) is 6.43. The van der Waals surface area contributed by atoms with Crippen LogP contribution >= 0.6 is 0 Å². The van der Waals surface area contributed by atoms with Gasteiger partial charge in [-0.05, 0) is 24.5 Å². The molecular formula is C16H23N3O2. The fourth-order valence-corrected chi connectivity index (χ4v) is 1.54. The number of hydrogen-bond acceptors (Lipinski definition) is 4. The first-order chi connectivity index (χ1) is 10.1. The molecule has 5 heteroatoms. The minimum absolute atomic E-state index is 0.183. The number of nitrogens with two attached hydrogens (primary N) is 1. The third-order valence-corrected chi connectivity index (χ3v) is 2.53. The van der Waals surface area contributed by atoms with Gasteiger partial charge in [-0.25, -0.2) is 4.98 Å². The molecule has 1 amide bonds. The zero-order valence-electron chi connectivity index (χ0n) is 12.7. The van der Waals surface area contributed by atoms with Crippen LogP contribution < -0.4 is 11.1 Å². The Kier molecular flexibility index (Phi) is 8.10. The van der Waals surface area contributed by atoms with Crippen LogP contribution in [0.4, 0.5) is 0 Å². The summed E-state index contributed by atoms with van der Waals surface area (Å²) in [6, 6.07) is 3.42. The lowest BCUT2D eigenvalue weighted by Crippen LogP contribution is -2.26. The Hall–Kier alpha value is -1.90. The van der Waals surface area contributed by atoms with E-state index < -0.39 is 0 Å². The van der Waals surface area contributed by atoms with Crippen molar-refractivity contribution in [1.82, 2.24) is 10.3 Å². The average molecular weight is 289 g/mol. The normalized spacial score (nSPS) is 10.1. The number of rotatable bonds is 7. The van der Waals surface area contributed by atoms with E-state index in [9.17, 15) is 4.79 Å². The summed E-state index contributed by atoms with van der Waals surface area (Å²) in [5, 5.41) is 2.81. The van der Waals surface area contributed by atoms with Crippen molar-refractivity contribution in [2.24, 2.45) is 11.7 Å². The number of nitrogens with one attached hydrogen (secondary N) is 1. The number of pyridine rings is 1. The zero-order valence-corrected chi connectivity index (χ0v) is 12.7. The SMILES string of the molecule is CC(C)COCCCNC(=O)c1ccc(C#CCN)cn1. The van der Waals surface area contributed by atoms with E-state index >= 15 is 0 Å². The molecule has 5 nitrogen and oxygen atoms in total. The number of carbonyl (C=O) groups excluding carboxylic acids is 1. The summed E-state index contributed by atoms with van der Waals surface area (Å²) in [6.07, 6.45) is 2.36. The molecule has 0 aliphatic rings. The summed E-state index contributed by atoms with van der Waals surface area (Å²) >= 11 is 0. The third-order valence-electron chi connectivity index (χ3n) is 2.53. The van der Waals surface area contributed by atoms with Crippen molar-refractivity contribution in [2.75, 3.05) is 26.3 Å². The van der Waals surface area contributed by atoms with Crippen molar-refractivity contribution in [2.45, 2.75) is 20.3 Å². The van der Waals surface area contributed by atoms with Gasteiger partial charge in [0.25, 0.3) is 5.91 Å². The second-order valence-electron chi connectivity index (χ2n) is 5.02. The highest BCUT2D eigenvalue weighted by atomic mass is 16.5. The molecule has 114 valence electrons. The molecule has 3 N–H and O–H groups in total. The molecule has 0 atom stereocenters. The summed E-state index contributed by atoms with van der Waals surface area (Å²) in [5.74, 6) is 5.95. The molecule has 1 rings (SSSR count). The van der Waals surface area contributed by atoms with Crippen molar-refractivity contribution in [3.05, 3.63) is 29.6 Å². The van der Waals surface area contributed by atoms with Gasteiger partial charge in [0.2, 0.25) is 0 Å². The van der Waals surface area contributed by atoms with Gasteiger partial charge in [-0.15, -0.1) is 0 Å². The lowest BCUT2D eigenvalue weighted by atomic mass is 10.2. The third kappa shape index (κ3) is 7.45. The molecule has 0 saturated carbocycles. The maximum Gasteiger partial charge on any atom is 0.269 e. The molecular weight excluding hydrogens is 266 g/mol. The van der Waals surface area contributed by atoms with Crippen LogP contribution in [0.25, 0.3) is 0 Å². The van der Waals surface area contributed by atoms with Gasteiger partial charge >= 0.3 is 0 Å². The van der Waals surface area contributed by atoms with Gasteiger partial charge in [0.15, 0.2) is 0 Å². The molecule has 0 radical (unpaired) electrons. The largest absolute Gasteiger partial charge is 0.381 e. The fraction of sp³-hybridized carbons (Fsp3) is 0.500. The summed E-state index contributed by atoms with van der Waals surface area (Å²) in [7, 11) is 0. The first-order valence-electron chi connectivity index (χ1n) is 7.14. The summed E-state index contributed by atoms with van der Waals surface area (Å²) in [6.45, 7) is 6.50. The number of carbonyl (C=O) groups is 1. The van der Waals surface area contributed by atoms with Crippen LogP contribution in [0.1, 0.15) is 36.3 Å². The minimum atomic E-state index is -0.183. The predicted molar refractivity (Wildman–Crippen MR) is 82.8 cm³/mol. The molecule has 0 spiro atoms. The van der Waals surface area contributed by atoms with E-state index in [0.717, 1.165) is 18.6 Å². The molecule has 0 bridgehead atoms. The van der Waals surface area contributed by atoms with Crippen LogP contribution in [-0.4, -0.2) is 37.2 Å². The molecule has 0 aliphatic carbocycles. The Labute approximate surface area is 126 Å². The number of hydrogen-bond donors (Lipinski definition) is 2. The maximum absolute atomic E-state index is 11.8. The van der Waals surface area contributed by atoms with Gasteiger partial charge in [0.05, 0.1) is 6.54 Å². The molecule has 0 aromatic carbocycles. The Morgan fingerprint density at radius 3 is 2.90 bits per heavy atom. The standard InChI is InChI=1S/C16H23N3O2/c1-13(2)12-21-10-4-9-18-16(20)15-7-6-14(11-19-15)5-3-8-17/h6-7,11,13H,4,8-10,12,17H2,1-2H3,(H,18,20). The van der Waals surface area contributed by atoms with Gasteiger partial charge < -0.3 is 15.8 Å². The lowest BCUT2D eigenvalue weighted by molar-refractivity contribution is 0.0920. The topological polar surface area (TPSA) is 77.2 Å². The second kappa shape index (κ2) is 9.92. The first-order valence-corrected chi connectivity index (χ1v) is 7.14. The van der Waals surface area contributed by atoms with Crippen molar-refractivity contribution in [3.63, 3.8) is 0 Å². The van der Waals surface area contributed by atoms with E-state index in [1.54, 1.807) is 18.3 Å². The highest BCUT2D eigenvalue weighted by molar-refractivity contribution is 5.92. The fourth-order valence-electron chi connectivity index (χ4n) is 1.54. The molecule has 0 fully saturated rings. The van der Waals surface area contributed by atoms with Gasteiger partial charge in [0.1, 0.15) is 5.69 Å². The van der Waals surface area contributed by atoms with Gasteiger partial charge in [-0.3, -0.25) is 4.79 Å². The minimum Gasteiger partial charge on any atom is -0.381 e. The number of amides is 1. The maximum atomic E-state index is 11.8. The second-order valence-corrected chi connectivity index (χ2v) is 5.02. The average Bonchev–Trinajstić information content (AvgIpc) is 2.48. The van der Waals surface area contributed by atoms with E-state index in [0.29, 0.717) is 31.3 Å². The Morgan fingerprint density at radius 1 is 1.48 bits per heavy atom. The zero-order chi connectivity index (χ0) is 15.5. The lowest BCUT2D eigenvalue weighted by Gasteiger charge is -2.07. The van der Waals surface area contributed by atoms with E-state index in [-0.39, 0.29) is 5.91 Å². The van der Waals surface area contributed by atoms with Crippen molar-refractivity contribution >= 4 is 5.91 Å². The highest BCUT2D eigenvalue weighted by Crippen LogP contribution is 1.99. The predicted octanol–water partition coefficient (Wildman–Crippen LogP) is 1.18. The smallest absolute Gasteiger partial charge is 0.269 e. The molecule has 21 heavy (non-hydrogen) atoms. The number of ether oxygens (including phenoxy) is 1. The Balaban J connectivity index is 2.29. The highest BCUT2D eigenvalue weighted by Gasteiger charge is 2.05.